The fraction of sp³-hybridized carbons (Fsp3) is 0.400. The van der Waals surface area contributed by atoms with E-state index in [2.05, 4.69) is 17.1 Å². The molecule has 1 spiro atoms. The molecule has 2 aromatic carbocycles. The second-order valence-electron chi connectivity index (χ2n) is 10.6. The molecule has 7 nitrogen and oxygen atoms in total. The number of aromatic nitrogens is 1. The zero-order valence-electron chi connectivity index (χ0n) is 21.9. The van der Waals surface area contributed by atoms with Crippen molar-refractivity contribution >= 4 is 15.9 Å². The number of carbonyl (C=O) groups excluding carboxylic acids is 1. The van der Waals surface area contributed by atoms with Gasteiger partial charge in [0, 0.05) is 32.1 Å². The van der Waals surface area contributed by atoms with Crippen molar-refractivity contribution in [2.24, 2.45) is 0 Å². The Morgan fingerprint density at radius 1 is 1.00 bits per heavy atom. The fourth-order valence-electron chi connectivity index (χ4n) is 5.23. The maximum Gasteiger partial charge on any atom is 0.410 e. The van der Waals surface area contributed by atoms with Crippen LogP contribution < -0.4 is 4.74 Å². The molecule has 2 aliphatic rings. The van der Waals surface area contributed by atoms with Crippen LogP contribution in [0, 0.1) is 0 Å². The van der Waals surface area contributed by atoms with Crippen LogP contribution >= 0.6 is 0 Å². The van der Waals surface area contributed by atoms with Crippen LogP contribution in [0.4, 0.5) is 4.79 Å². The Hall–Kier alpha value is -3.39. The van der Waals surface area contributed by atoms with Gasteiger partial charge in [-0.3, -0.25) is 4.98 Å². The molecule has 38 heavy (non-hydrogen) atoms. The minimum Gasteiger partial charge on any atom is -0.487 e. The van der Waals surface area contributed by atoms with Crippen LogP contribution in [0.5, 0.6) is 5.75 Å². The highest BCUT2D eigenvalue weighted by molar-refractivity contribution is 7.89. The zero-order chi connectivity index (χ0) is 26.8. The number of carbonyl (C=O) groups is 1. The lowest BCUT2D eigenvalue weighted by Crippen LogP contribution is -2.51. The van der Waals surface area contributed by atoms with E-state index in [1.807, 2.05) is 44.2 Å². The predicted octanol–water partition coefficient (Wildman–Crippen LogP) is 5.57. The van der Waals surface area contributed by atoms with Gasteiger partial charge < -0.3 is 14.4 Å². The van der Waals surface area contributed by atoms with Gasteiger partial charge in [-0.2, -0.15) is 0 Å². The maximum atomic E-state index is 12.6. The lowest BCUT2D eigenvalue weighted by atomic mass is 9.82. The normalized spacial score (nSPS) is 16.7. The molecule has 1 aromatic heterocycles. The van der Waals surface area contributed by atoms with Gasteiger partial charge in [0.2, 0.25) is 0 Å². The second kappa shape index (κ2) is 10.8. The van der Waals surface area contributed by atoms with E-state index in [1.165, 1.54) is 5.56 Å². The number of hydrogen-bond acceptors (Lipinski definition) is 6. The van der Waals surface area contributed by atoms with Crippen molar-refractivity contribution in [2.45, 2.75) is 62.7 Å². The van der Waals surface area contributed by atoms with Crippen LogP contribution in [-0.2, 0) is 32.5 Å². The lowest BCUT2D eigenvalue weighted by molar-refractivity contribution is -0.0172. The highest BCUT2D eigenvalue weighted by Gasteiger charge is 2.40. The number of aryl methyl sites for hydroxylation is 1. The van der Waals surface area contributed by atoms with Crippen molar-refractivity contribution in [3.05, 3.63) is 83.7 Å². The third kappa shape index (κ3) is 6.18. The quantitative estimate of drug-likeness (QED) is 0.411. The molecule has 200 valence electrons. The minimum atomic E-state index is -3.31. The van der Waals surface area contributed by atoms with Gasteiger partial charge in [0.25, 0.3) is 0 Å². The van der Waals surface area contributed by atoms with Crippen molar-refractivity contribution in [3.8, 4) is 16.9 Å². The van der Waals surface area contributed by atoms with E-state index in [9.17, 15) is 13.2 Å². The molecule has 5 rings (SSSR count). The summed E-state index contributed by atoms with van der Waals surface area (Å²) in [6, 6.07) is 19.3. The van der Waals surface area contributed by atoms with E-state index in [0.717, 1.165) is 48.1 Å². The third-order valence-electron chi connectivity index (χ3n) is 7.27. The largest absolute Gasteiger partial charge is 0.487 e. The molecule has 8 heteroatoms. The summed E-state index contributed by atoms with van der Waals surface area (Å²) in [6.45, 7) is 5.01. The fourth-order valence-corrected chi connectivity index (χ4v) is 6.66. The minimum absolute atomic E-state index is 0.0173. The Balaban J connectivity index is 1.21. The highest BCUT2D eigenvalue weighted by Crippen LogP contribution is 2.41. The Morgan fingerprint density at radius 3 is 2.42 bits per heavy atom. The molecule has 0 unspecified atom stereocenters. The first-order valence-electron chi connectivity index (χ1n) is 13.2. The summed E-state index contributed by atoms with van der Waals surface area (Å²) >= 11 is 0. The van der Waals surface area contributed by atoms with E-state index in [-0.39, 0.29) is 29.3 Å². The molecule has 1 amide bonds. The Labute approximate surface area is 224 Å². The molecule has 0 aliphatic carbocycles. The number of piperidine rings is 1. The van der Waals surface area contributed by atoms with Crippen molar-refractivity contribution < 1.29 is 22.7 Å². The van der Waals surface area contributed by atoms with Crippen LogP contribution in [0.25, 0.3) is 11.1 Å². The standard InChI is InChI=1S/C30H34N2O5S/c1-22(2)36-29(33)32-17-14-30(15-18-32)13-12-26-19-25(10-11-28(26)37-30)24-8-6-23(7-9-24)20-38(34,35)21-27-5-3-4-16-31-27/h3-11,16,19,22H,12-15,17-18,20-21H2,1-2H3. The molecular weight excluding hydrogens is 500 g/mol. The molecular formula is C30H34N2O5S. The van der Waals surface area contributed by atoms with Gasteiger partial charge in [-0.05, 0) is 73.2 Å². The number of amides is 1. The van der Waals surface area contributed by atoms with Crippen molar-refractivity contribution in [1.29, 1.82) is 0 Å². The first-order valence-corrected chi connectivity index (χ1v) is 15.0. The smallest absolute Gasteiger partial charge is 0.410 e. The van der Waals surface area contributed by atoms with Crippen LogP contribution in [0.1, 0.15) is 49.9 Å². The predicted molar refractivity (Wildman–Crippen MR) is 147 cm³/mol. The van der Waals surface area contributed by atoms with Crippen LogP contribution in [0.15, 0.2) is 66.9 Å². The first kappa shape index (κ1) is 26.2. The third-order valence-corrected chi connectivity index (χ3v) is 8.78. The molecule has 0 saturated carbocycles. The van der Waals surface area contributed by atoms with Gasteiger partial charge in [-0.25, -0.2) is 13.2 Å². The number of likely N-dealkylation sites (tertiary alicyclic amines) is 1. The Morgan fingerprint density at radius 2 is 1.74 bits per heavy atom. The topological polar surface area (TPSA) is 85.8 Å². The van der Waals surface area contributed by atoms with E-state index < -0.39 is 9.84 Å². The number of hydrogen-bond donors (Lipinski definition) is 0. The summed E-state index contributed by atoms with van der Waals surface area (Å²) in [7, 11) is -3.31. The molecule has 3 aromatic rings. The van der Waals surface area contributed by atoms with E-state index in [0.29, 0.717) is 18.8 Å². The van der Waals surface area contributed by atoms with Gasteiger partial charge in [-0.15, -0.1) is 0 Å². The Bertz CT molecular complexity index is 1380. The highest BCUT2D eigenvalue weighted by atomic mass is 32.2. The summed E-state index contributed by atoms with van der Waals surface area (Å²) in [5.41, 5.74) is 4.38. The van der Waals surface area contributed by atoms with Gasteiger partial charge in [0.05, 0.1) is 23.3 Å². The zero-order valence-corrected chi connectivity index (χ0v) is 22.7. The average Bonchev–Trinajstić information content (AvgIpc) is 2.89. The van der Waals surface area contributed by atoms with E-state index >= 15 is 0 Å². The molecule has 1 fully saturated rings. The lowest BCUT2D eigenvalue weighted by Gasteiger charge is -2.44. The van der Waals surface area contributed by atoms with Crippen molar-refractivity contribution in [3.63, 3.8) is 0 Å². The van der Waals surface area contributed by atoms with Crippen molar-refractivity contribution in [2.75, 3.05) is 13.1 Å². The van der Waals surface area contributed by atoms with Gasteiger partial charge >= 0.3 is 6.09 Å². The number of sulfone groups is 1. The average molecular weight is 535 g/mol. The molecule has 0 N–H and O–H groups in total. The summed E-state index contributed by atoms with van der Waals surface area (Å²) in [5, 5.41) is 0. The number of pyridine rings is 1. The number of benzene rings is 2. The monoisotopic (exact) mass is 534 g/mol. The molecule has 3 heterocycles. The number of nitrogens with zero attached hydrogens (tertiary/aromatic N) is 2. The molecule has 2 aliphatic heterocycles. The van der Waals surface area contributed by atoms with Crippen LogP contribution in [0.2, 0.25) is 0 Å². The molecule has 0 radical (unpaired) electrons. The number of ether oxygens (including phenoxy) is 2. The SMILES string of the molecule is CC(C)OC(=O)N1CCC2(CCc3cc(-c4ccc(CS(=O)(=O)Cc5ccccn5)cc4)ccc3O2)CC1. The van der Waals surface area contributed by atoms with E-state index in [4.69, 9.17) is 9.47 Å². The summed E-state index contributed by atoms with van der Waals surface area (Å²) in [5.74, 6) is 0.828. The van der Waals surface area contributed by atoms with Gasteiger partial charge in [-0.1, -0.05) is 36.4 Å². The maximum absolute atomic E-state index is 12.6. The molecule has 0 atom stereocenters. The van der Waals surface area contributed by atoms with Gasteiger partial charge in [0.15, 0.2) is 9.84 Å². The first-order chi connectivity index (χ1) is 18.2. The Kier molecular flexibility index (Phi) is 7.43. The van der Waals surface area contributed by atoms with Crippen molar-refractivity contribution in [1.82, 2.24) is 9.88 Å². The van der Waals surface area contributed by atoms with Crippen LogP contribution in [-0.4, -0.2) is 49.2 Å². The number of fused-ring (bicyclic) bond motifs is 1. The van der Waals surface area contributed by atoms with E-state index in [1.54, 1.807) is 29.3 Å². The summed E-state index contributed by atoms with van der Waals surface area (Å²) in [6.07, 6.45) is 4.68. The molecule has 1 saturated heterocycles. The summed E-state index contributed by atoms with van der Waals surface area (Å²) < 4.78 is 37.1. The van der Waals surface area contributed by atoms with Gasteiger partial charge in [0.1, 0.15) is 11.4 Å². The number of rotatable bonds is 6. The summed E-state index contributed by atoms with van der Waals surface area (Å²) in [4.78, 5) is 18.2. The van der Waals surface area contributed by atoms with Crippen LogP contribution in [0.3, 0.4) is 0 Å². The second-order valence-corrected chi connectivity index (χ2v) is 12.6. The molecule has 0 bridgehead atoms.